The van der Waals surface area contributed by atoms with Crippen molar-refractivity contribution in [1.82, 2.24) is 0 Å². The predicted octanol–water partition coefficient (Wildman–Crippen LogP) is 2.86. The van der Waals surface area contributed by atoms with Gasteiger partial charge in [0, 0.05) is 29.5 Å². The van der Waals surface area contributed by atoms with Crippen LogP contribution in [-0.4, -0.2) is 29.3 Å². The molecule has 0 bridgehead atoms. The Labute approximate surface area is 112 Å². The van der Waals surface area contributed by atoms with Gasteiger partial charge in [0.25, 0.3) is 0 Å². The molecule has 0 amide bonds. The fraction of sp³-hybridized carbons (Fsp3) is 0.154. The van der Waals surface area contributed by atoms with E-state index in [-0.39, 0.29) is 16.0 Å². The minimum Gasteiger partial charge on any atom is -0.506 e. The first-order valence-electron chi connectivity index (χ1n) is 5.62. The van der Waals surface area contributed by atoms with Crippen LogP contribution in [0.3, 0.4) is 0 Å². The smallest absolute Gasteiger partial charge is 0.339 e. The molecule has 1 aliphatic heterocycles. The summed E-state index contributed by atoms with van der Waals surface area (Å²) in [5, 5.41) is 19.7. The first-order valence-corrected chi connectivity index (χ1v) is 6.00. The van der Waals surface area contributed by atoms with Gasteiger partial charge in [0.2, 0.25) is 0 Å². The molecule has 2 aromatic rings. The second-order valence-electron chi connectivity index (χ2n) is 4.40. The highest BCUT2D eigenvalue weighted by Gasteiger charge is 2.25. The fourth-order valence-electron chi connectivity index (χ4n) is 2.10. The third-order valence-corrected chi connectivity index (χ3v) is 3.44. The summed E-state index contributed by atoms with van der Waals surface area (Å²) in [7, 11) is 0. The number of hydrogen-bond donors (Lipinski definition) is 2. The summed E-state index contributed by atoms with van der Waals surface area (Å²) in [6.45, 7) is 1.60. The Morgan fingerprint density at radius 1 is 1.26 bits per heavy atom. The number of rotatable bonds is 2. The summed E-state index contributed by atoms with van der Waals surface area (Å²) >= 11 is 5.75. The van der Waals surface area contributed by atoms with Crippen LogP contribution < -0.4 is 4.90 Å². The molecule has 0 saturated carbocycles. The number of halogens is 2. The van der Waals surface area contributed by atoms with Crippen molar-refractivity contribution in [2.75, 3.05) is 18.0 Å². The molecule has 0 radical (unpaired) electrons. The Balaban J connectivity index is 2.41. The minimum absolute atomic E-state index is 0.0573. The van der Waals surface area contributed by atoms with Crippen LogP contribution in [0.1, 0.15) is 10.4 Å². The molecule has 1 saturated heterocycles. The van der Waals surface area contributed by atoms with Gasteiger partial charge in [-0.1, -0.05) is 11.6 Å². The SMILES string of the molecule is O=C(O)c1cc(N2CC2)c2cc(Cl)c(F)cc2c1O. The molecule has 98 valence electrons. The summed E-state index contributed by atoms with van der Waals surface area (Å²) in [6, 6.07) is 3.86. The van der Waals surface area contributed by atoms with Crippen LogP contribution in [0.5, 0.6) is 5.75 Å². The molecule has 0 aromatic heterocycles. The van der Waals surface area contributed by atoms with E-state index >= 15 is 0 Å². The number of phenols is 1. The van der Waals surface area contributed by atoms with Crippen molar-refractivity contribution in [3.63, 3.8) is 0 Å². The summed E-state index contributed by atoms with van der Waals surface area (Å²) < 4.78 is 13.5. The number of fused-ring (bicyclic) bond motifs is 1. The molecule has 6 heteroatoms. The summed E-state index contributed by atoms with van der Waals surface area (Å²) in [5.41, 5.74) is 0.406. The van der Waals surface area contributed by atoms with Crippen molar-refractivity contribution < 1.29 is 19.4 Å². The van der Waals surface area contributed by atoms with Crippen LogP contribution in [0.2, 0.25) is 5.02 Å². The molecule has 3 rings (SSSR count). The first kappa shape index (κ1) is 12.0. The molecule has 0 aliphatic carbocycles. The number of nitrogens with zero attached hydrogens (tertiary/aromatic N) is 1. The highest BCUT2D eigenvalue weighted by molar-refractivity contribution is 6.31. The Bertz CT molecular complexity index is 713. The van der Waals surface area contributed by atoms with Crippen LogP contribution in [0.25, 0.3) is 10.8 Å². The normalized spacial score (nSPS) is 13.9. The maximum absolute atomic E-state index is 13.5. The molecule has 0 spiro atoms. The summed E-state index contributed by atoms with van der Waals surface area (Å²) in [5.74, 6) is -2.38. The molecule has 0 atom stereocenters. The van der Waals surface area contributed by atoms with Gasteiger partial charge >= 0.3 is 5.97 Å². The molecule has 1 heterocycles. The molecule has 1 aliphatic rings. The number of benzene rings is 2. The zero-order chi connectivity index (χ0) is 13.7. The van der Waals surface area contributed by atoms with E-state index in [0.29, 0.717) is 11.1 Å². The van der Waals surface area contributed by atoms with Gasteiger partial charge in [-0.2, -0.15) is 0 Å². The standard InChI is InChI=1S/C13H9ClFNO3/c14-9-3-6-7(4-10(9)15)12(17)8(13(18)19)5-11(6)16-1-2-16/h3-5,17H,1-2H2,(H,18,19). The van der Waals surface area contributed by atoms with Gasteiger partial charge in [-0.25, -0.2) is 9.18 Å². The number of carbonyl (C=O) groups is 1. The lowest BCUT2D eigenvalue weighted by molar-refractivity contribution is 0.0694. The van der Waals surface area contributed by atoms with Crippen molar-refractivity contribution in [2.24, 2.45) is 0 Å². The number of aromatic carboxylic acids is 1. The average Bonchev–Trinajstić information content (AvgIpc) is 3.16. The molecule has 1 fully saturated rings. The first-order chi connectivity index (χ1) is 8.99. The topological polar surface area (TPSA) is 60.5 Å². The van der Waals surface area contributed by atoms with Crippen molar-refractivity contribution in [3.05, 3.63) is 34.6 Å². The number of carboxylic acid groups (broad SMARTS) is 1. The molecular formula is C13H9ClFNO3. The van der Waals surface area contributed by atoms with E-state index < -0.39 is 17.5 Å². The van der Waals surface area contributed by atoms with E-state index in [1.807, 2.05) is 4.90 Å². The number of hydrogen-bond acceptors (Lipinski definition) is 3. The number of carboxylic acids is 1. The van der Waals surface area contributed by atoms with Crippen LogP contribution in [-0.2, 0) is 0 Å². The fourth-order valence-corrected chi connectivity index (χ4v) is 2.26. The summed E-state index contributed by atoms with van der Waals surface area (Å²) in [4.78, 5) is 13.0. The maximum Gasteiger partial charge on any atom is 0.339 e. The van der Waals surface area contributed by atoms with Gasteiger partial charge in [-0.3, -0.25) is 0 Å². The molecule has 4 nitrogen and oxygen atoms in total. The average molecular weight is 282 g/mol. The van der Waals surface area contributed by atoms with E-state index in [4.69, 9.17) is 16.7 Å². The Morgan fingerprint density at radius 3 is 2.53 bits per heavy atom. The minimum atomic E-state index is -1.25. The quantitative estimate of drug-likeness (QED) is 0.831. The molecule has 2 N–H and O–H groups in total. The van der Waals surface area contributed by atoms with E-state index in [0.717, 1.165) is 19.2 Å². The number of anilines is 1. The van der Waals surface area contributed by atoms with Crippen LogP contribution in [0.15, 0.2) is 18.2 Å². The number of aromatic hydroxyl groups is 1. The lowest BCUT2D eigenvalue weighted by Crippen LogP contribution is -2.01. The Kier molecular flexibility index (Phi) is 2.53. The van der Waals surface area contributed by atoms with Crippen molar-refractivity contribution in [2.45, 2.75) is 0 Å². The second kappa shape index (κ2) is 3.99. The molecular weight excluding hydrogens is 273 g/mol. The molecule has 0 unspecified atom stereocenters. The van der Waals surface area contributed by atoms with Crippen LogP contribution in [0.4, 0.5) is 10.1 Å². The third kappa shape index (κ3) is 1.86. The highest BCUT2D eigenvalue weighted by atomic mass is 35.5. The van der Waals surface area contributed by atoms with Gasteiger partial charge in [0.15, 0.2) is 0 Å². The van der Waals surface area contributed by atoms with Crippen molar-refractivity contribution >= 4 is 34.0 Å². The van der Waals surface area contributed by atoms with Gasteiger partial charge in [-0.15, -0.1) is 0 Å². The van der Waals surface area contributed by atoms with Crippen molar-refractivity contribution in [1.29, 1.82) is 0 Å². The maximum atomic E-state index is 13.5. The zero-order valence-corrected chi connectivity index (χ0v) is 10.4. The monoisotopic (exact) mass is 281 g/mol. The lowest BCUT2D eigenvalue weighted by Gasteiger charge is -2.12. The van der Waals surface area contributed by atoms with E-state index in [1.165, 1.54) is 12.1 Å². The van der Waals surface area contributed by atoms with Crippen LogP contribution in [0, 0.1) is 5.82 Å². The largest absolute Gasteiger partial charge is 0.506 e. The third-order valence-electron chi connectivity index (χ3n) is 3.15. The van der Waals surface area contributed by atoms with E-state index in [9.17, 15) is 14.3 Å². The van der Waals surface area contributed by atoms with Gasteiger partial charge in [0.1, 0.15) is 17.1 Å². The van der Waals surface area contributed by atoms with Crippen LogP contribution >= 0.6 is 11.6 Å². The van der Waals surface area contributed by atoms with E-state index in [1.54, 1.807) is 0 Å². The Hall–Kier alpha value is -2.01. The lowest BCUT2D eigenvalue weighted by atomic mass is 10.0. The second-order valence-corrected chi connectivity index (χ2v) is 4.80. The van der Waals surface area contributed by atoms with Crippen molar-refractivity contribution in [3.8, 4) is 5.75 Å². The zero-order valence-electron chi connectivity index (χ0n) is 9.65. The molecule has 2 aromatic carbocycles. The predicted molar refractivity (Wildman–Crippen MR) is 69.8 cm³/mol. The Morgan fingerprint density at radius 2 is 1.95 bits per heavy atom. The van der Waals surface area contributed by atoms with E-state index in [2.05, 4.69) is 0 Å². The van der Waals surface area contributed by atoms with Gasteiger partial charge in [0.05, 0.1) is 5.02 Å². The highest BCUT2D eigenvalue weighted by Crippen LogP contribution is 2.40. The van der Waals surface area contributed by atoms with Gasteiger partial charge < -0.3 is 15.1 Å². The molecule has 19 heavy (non-hydrogen) atoms. The summed E-state index contributed by atoms with van der Waals surface area (Å²) in [6.07, 6.45) is 0. The van der Waals surface area contributed by atoms with Gasteiger partial charge in [-0.05, 0) is 18.2 Å².